The van der Waals surface area contributed by atoms with Crippen molar-refractivity contribution < 1.29 is 13.2 Å². The van der Waals surface area contributed by atoms with E-state index >= 15 is 0 Å². The molecule has 0 atom stereocenters. The van der Waals surface area contributed by atoms with Gasteiger partial charge in [-0.2, -0.15) is 13.5 Å². The van der Waals surface area contributed by atoms with Crippen LogP contribution in [0.2, 0.25) is 0 Å². The second-order valence-electron chi connectivity index (χ2n) is 6.01. The number of hydrogen-bond acceptors (Lipinski definition) is 4. The largest absolute Gasteiger partial charge is 0.489 e. The standard InChI is InChI=1S/C21H20N2O3S/c1-17-10-12-21(13-11-17)27(24,25)23-22-15-19-8-5-9-20(14-19)26-16-18-6-3-2-4-7-18/h2-15,23H,16H2,1H3/b22-15+. The molecule has 5 nitrogen and oxygen atoms in total. The van der Waals surface area contributed by atoms with Gasteiger partial charge in [0.2, 0.25) is 0 Å². The van der Waals surface area contributed by atoms with Crippen LogP contribution in [0.5, 0.6) is 5.75 Å². The van der Waals surface area contributed by atoms with Crippen LogP contribution in [-0.2, 0) is 16.6 Å². The van der Waals surface area contributed by atoms with E-state index in [9.17, 15) is 8.42 Å². The molecular weight excluding hydrogens is 360 g/mol. The van der Waals surface area contributed by atoms with Crippen molar-refractivity contribution in [1.29, 1.82) is 0 Å². The van der Waals surface area contributed by atoms with Gasteiger partial charge in [0.1, 0.15) is 12.4 Å². The van der Waals surface area contributed by atoms with Crippen LogP contribution in [0.1, 0.15) is 16.7 Å². The molecule has 0 aliphatic carbocycles. The van der Waals surface area contributed by atoms with E-state index in [0.29, 0.717) is 12.4 Å². The van der Waals surface area contributed by atoms with Crippen molar-refractivity contribution in [3.05, 3.63) is 95.6 Å². The molecule has 3 aromatic rings. The Kier molecular flexibility index (Phi) is 5.88. The monoisotopic (exact) mass is 380 g/mol. The van der Waals surface area contributed by atoms with Crippen molar-refractivity contribution >= 4 is 16.2 Å². The molecule has 0 amide bonds. The fourth-order valence-electron chi connectivity index (χ4n) is 2.37. The highest BCUT2D eigenvalue weighted by Crippen LogP contribution is 2.14. The normalized spacial score (nSPS) is 11.4. The molecule has 0 aliphatic heterocycles. The zero-order chi connectivity index (χ0) is 19.1. The highest BCUT2D eigenvalue weighted by Gasteiger charge is 2.11. The van der Waals surface area contributed by atoms with Gasteiger partial charge in [0.25, 0.3) is 10.0 Å². The number of hydrogen-bond donors (Lipinski definition) is 1. The fourth-order valence-corrected chi connectivity index (χ4v) is 3.16. The van der Waals surface area contributed by atoms with Gasteiger partial charge in [-0.15, -0.1) is 0 Å². The van der Waals surface area contributed by atoms with Crippen molar-refractivity contribution in [3.63, 3.8) is 0 Å². The molecule has 3 rings (SSSR count). The SMILES string of the molecule is Cc1ccc(S(=O)(=O)N/N=C/c2cccc(OCc3ccccc3)c2)cc1. The smallest absolute Gasteiger partial charge is 0.276 e. The van der Waals surface area contributed by atoms with Gasteiger partial charge in [0.15, 0.2) is 0 Å². The maximum Gasteiger partial charge on any atom is 0.276 e. The minimum atomic E-state index is -3.68. The molecule has 0 aromatic heterocycles. The Labute approximate surface area is 159 Å². The Balaban J connectivity index is 1.62. The van der Waals surface area contributed by atoms with Crippen LogP contribution in [0.25, 0.3) is 0 Å². The maximum atomic E-state index is 12.2. The molecule has 0 spiro atoms. The Morgan fingerprint density at radius 2 is 1.70 bits per heavy atom. The number of nitrogens with one attached hydrogen (secondary N) is 1. The molecule has 0 heterocycles. The summed E-state index contributed by atoms with van der Waals surface area (Å²) in [4.78, 5) is 2.39. The van der Waals surface area contributed by atoms with E-state index in [-0.39, 0.29) is 4.90 Å². The quantitative estimate of drug-likeness (QED) is 0.499. The summed E-state index contributed by atoms with van der Waals surface area (Å²) >= 11 is 0. The summed E-state index contributed by atoms with van der Waals surface area (Å²) in [6, 6.07) is 23.7. The number of rotatable bonds is 7. The average molecular weight is 380 g/mol. The summed E-state index contributed by atoms with van der Waals surface area (Å²) in [7, 11) is -3.68. The Morgan fingerprint density at radius 1 is 0.963 bits per heavy atom. The van der Waals surface area contributed by atoms with E-state index in [0.717, 1.165) is 16.7 Å². The van der Waals surface area contributed by atoms with Gasteiger partial charge in [0.05, 0.1) is 11.1 Å². The average Bonchev–Trinajstić information content (AvgIpc) is 2.68. The number of aryl methyl sites for hydroxylation is 1. The van der Waals surface area contributed by atoms with Crippen LogP contribution in [0.4, 0.5) is 0 Å². The Morgan fingerprint density at radius 3 is 2.44 bits per heavy atom. The third kappa shape index (κ3) is 5.43. The minimum absolute atomic E-state index is 0.171. The molecule has 0 aliphatic rings. The van der Waals surface area contributed by atoms with E-state index < -0.39 is 10.0 Å². The Bertz CT molecular complexity index is 1010. The summed E-state index contributed by atoms with van der Waals surface area (Å²) in [5.41, 5.74) is 2.79. The third-order valence-electron chi connectivity index (χ3n) is 3.82. The van der Waals surface area contributed by atoms with Crippen molar-refractivity contribution in [3.8, 4) is 5.75 Å². The summed E-state index contributed by atoms with van der Waals surface area (Å²) < 4.78 is 30.2. The lowest BCUT2D eigenvalue weighted by Gasteiger charge is -2.07. The van der Waals surface area contributed by atoms with Gasteiger partial charge >= 0.3 is 0 Å². The zero-order valence-electron chi connectivity index (χ0n) is 14.9. The summed E-state index contributed by atoms with van der Waals surface area (Å²) in [5, 5.41) is 3.85. The van der Waals surface area contributed by atoms with Gasteiger partial charge in [-0.1, -0.05) is 60.2 Å². The lowest BCUT2D eigenvalue weighted by Crippen LogP contribution is -2.18. The number of sulfonamides is 1. The van der Waals surface area contributed by atoms with Gasteiger partial charge < -0.3 is 4.74 Å². The molecule has 138 valence electrons. The van der Waals surface area contributed by atoms with E-state index in [2.05, 4.69) is 9.93 Å². The first kappa shape index (κ1) is 18.7. The summed E-state index contributed by atoms with van der Waals surface area (Å²) in [6.07, 6.45) is 1.45. The highest BCUT2D eigenvalue weighted by atomic mass is 32.2. The molecule has 3 aromatic carbocycles. The third-order valence-corrected chi connectivity index (χ3v) is 5.06. The van der Waals surface area contributed by atoms with Gasteiger partial charge in [-0.25, -0.2) is 4.83 Å². The highest BCUT2D eigenvalue weighted by molar-refractivity contribution is 7.89. The van der Waals surface area contributed by atoms with Crippen LogP contribution in [0.15, 0.2) is 88.9 Å². The minimum Gasteiger partial charge on any atom is -0.489 e. The lowest BCUT2D eigenvalue weighted by atomic mass is 10.2. The van der Waals surface area contributed by atoms with E-state index in [1.807, 2.05) is 55.5 Å². The van der Waals surface area contributed by atoms with Gasteiger partial charge in [-0.3, -0.25) is 0 Å². The molecule has 0 radical (unpaired) electrons. The predicted octanol–water partition coefficient (Wildman–Crippen LogP) is 3.89. The number of benzene rings is 3. The first-order valence-corrected chi connectivity index (χ1v) is 9.89. The number of ether oxygens (including phenoxy) is 1. The molecule has 0 saturated carbocycles. The Hall–Kier alpha value is -3.12. The molecule has 6 heteroatoms. The van der Waals surface area contributed by atoms with Gasteiger partial charge in [0, 0.05) is 0 Å². The van der Waals surface area contributed by atoms with E-state index in [4.69, 9.17) is 4.74 Å². The van der Waals surface area contributed by atoms with E-state index in [1.165, 1.54) is 6.21 Å². The zero-order valence-corrected chi connectivity index (χ0v) is 15.7. The molecule has 1 N–H and O–H groups in total. The van der Waals surface area contributed by atoms with Crippen LogP contribution in [0.3, 0.4) is 0 Å². The summed E-state index contributed by atoms with van der Waals surface area (Å²) in [5.74, 6) is 0.684. The predicted molar refractivity (Wildman–Crippen MR) is 106 cm³/mol. The molecule has 0 unspecified atom stereocenters. The first-order chi connectivity index (χ1) is 13.0. The molecular formula is C21H20N2O3S. The topological polar surface area (TPSA) is 67.8 Å². The first-order valence-electron chi connectivity index (χ1n) is 8.41. The lowest BCUT2D eigenvalue weighted by molar-refractivity contribution is 0.306. The second kappa shape index (κ2) is 8.51. The summed E-state index contributed by atoms with van der Waals surface area (Å²) in [6.45, 7) is 2.36. The second-order valence-corrected chi connectivity index (χ2v) is 7.67. The number of nitrogens with zero attached hydrogens (tertiary/aromatic N) is 1. The van der Waals surface area contributed by atoms with Crippen molar-refractivity contribution in [2.75, 3.05) is 0 Å². The maximum absolute atomic E-state index is 12.2. The van der Waals surface area contributed by atoms with Crippen LogP contribution >= 0.6 is 0 Å². The molecule has 27 heavy (non-hydrogen) atoms. The van der Waals surface area contributed by atoms with Crippen LogP contribution < -0.4 is 9.57 Å². The van der Waals surface area contributed by atoms with Crippen molar-refractivity contribution in [2.45, 2.75) is 18.4 Å². The number of hydrazone groups is 1. The molecule has 0 fully saturated rings. The van der Waals surface area contributed by atoms with Gasteiger partial charge in [-0.05, 0) is 42.3 Å². The molecule has 0 saturated heterocycles. The van der Waals surface area contributed by atoms with Crippen molar-refractivity contribution in [1.82, 2.24) is 4.83 Å². The van der Waals surface area contributed by atoms with Crippen LogP contribution in [0, 0.1) is 6.92 Å². The van der Waals surface area contributed by atoms with Crippen LogP contribution in [-0.4, -0.2) is 14.6 Å². The molecule has 0 bridgehead atoms. The van der Waals surface area contributed by atoms with Crippen molar-refractivity contribution in [2.24, 2.45) is 5.10 Å². The fraction of sp³-hybridized carbons (Fsp3) is 0.0952. The van der Waals surface area contributed by atoms with E-state index in [1.54, 1.807) is 30.3 Å².